The molecule has 0 bridgehead atoms. The van der Waals surface area contributed by atoms with Gasteiger partial charge >= 0.3 is 0 Å². The number of anilines is 1. The molecule has 0 unspecified atom stereocenters. The summed E-state index contributed by atoms with van der Waals surface area (Å²) >= 11 is 1.90. The summed E-state index contributed by atoms with van der Waals surface area (Å²) in [5.74, 6) is 0.966. The number of sulfonamides is 1. The molecule has 1 heterocycles. The molecule has 1 atom stereocenters. The summed E-state index contributed by atoms with van der Waals surface area (Å²) in [6.07, 6.45) is 4.21. The van der Waals surface area contributed by atoms with Gasteiger partial charge in [-0.3, -0.25) is 9.10 Å². The maximum absolute atomic E-state index is 13.4. The zero-order chi connectivity index (χ0) is 21.8. The van der Waals surface area contributed by atoms with Crippen molar-refractivity contribution < 1.29 is 17.9 Å². The molecular weight excluding hydrogens is 432 g/mol. The second-order valence-electron chi connectivity index (χ2n) is 8.00. The molecule has 0 spiro atoms. The van der Waals surface area contributed by atoms with Crippen LogP contribution in [0.2, 0.25) is 0 Å². The first-order valence-corrected chi connectivity index (χ1v) is 13.2. The fourth-order valence-corrected chi connectivity index (χ4v) is 6.72. The summed E-state index contributed by atoms with van der Waals surface area (Å²) in [4.78, 5) is 13.0. The van der Waals surface area contributed by atoms with E-state index in [-0.39, 0.29) is 17.3 Å². The SMILES string of the molecule is Cc1ccc2c(c1)N(S(=O)(=O)c1ccccc1)C[C@@H](C(=O)NCCSC1CCCC1)O2. The summed E-state index contributed by atoms with van der Waals surface area (Å²) in [5.41, 5.74) is 1.38. The van der Waals surface area contributed by atoms with Gasteiger partial charge in [-0.25, -0.2) is 8.42 Å². The molecule has 2 aliphatic rings. The topological polar surface area (TPSA) is 75.7 Å². The molecule has 0 saturated heterocycles. The number of hydrogen-bond donors (Lipinski definition) is 1. The Morgan fingerprint density at radius 1 is 1.16 bits per heavy atom. The summed E-state index contributed by atoms with van der Waals surface area (Å²) in [5, 5.41) is 3.62. The lowest BCUT2D eigenvalue weighted by molar-refractivity contribution is -0.127. The molecule has 8 heteroatoms. The molecule has 4 rings (SSSR count). The summed E-state index contributed by atoms with van der Waals surface area (Å²) in [6.45, 7) is 2.38. The first-order valence-electron chi connectivity index (χ1n) is 10.7. The molecule has 1 aliphatic carbocycles. The number of benzene rings is 2. The number of fused-ring (bicyclic) bond motifs is 1. The second kappa shape index (κ2) is 9.53. The van der Waals surface area contributed by atoms with Gasteiger partial charge in [-0.15, -0.1) is 0 Å². The number of carbonyl (C=O) groups excluding carboxylic acids is 1. The fraction of sp³-hybridized carbons (Fsp3) is 0.435. The monoisotopic (exact) mass is 460 g/mol. The zero-order valence-corrected chi connectivity index (χ0v) is 19.3. The molecule has 1 N–H and O–H groups in total. The Kier molecular flexibility index (Phi) is 6.77. The van der Waals surface area contributed by atoms with Crippen LogP contribution in [0.15, 0.2) is 53.4 Å². The molecule has 2 aromatic carbocycles. The molecule has 1 fully saturated rings. The Morgan fingerprint density at radius 2 is 1.90 bits per heavy atom. The molecular formula is C23H28N2O4S2. The van der Waals surface area contributed by atoms with Gasteiger partial charge in [0.25, 0.3) is 15.9 Å². The molecule has 31 heavy (non-hydrogen) atoms. The normalized spacial score (nSPS) is 19.0. The number of thioether (sulfide) groups is 1. The van der Waals surface area contributed by atoms with Crippen molar-refractivity contribution in [2.75, 3.05) is 23.1 Å². The van der Waals surface area contributed by atoms with Crippen molar-refractivity contribution in [3.05, 3.63) is 54.1 Å². The van der Waals surface area contributed by atoms with Crippen molar-refractivity contribution in [2.24, 2.45) is 0 Å². The third-order valence-electron chi connectivity index (χ3n) is 5.66. The lowest BCUT2D eigenvalue weighted by atomic mass is 10.1. The highest BCUT2D eigenvalue weighted by atomic mass is 32.2. The van der Waals surface area contributed by atoms with Gasteiger partial charge in [0.05, 0.1) is 17.1 Å². The van der Waals surface area contributed by atoms with E-state index in [0.29, 0.717) is 23.2 Å². The number of hydrogen-bond acceptors (Lipinski definition) is 5. The van der Waals surface area contributed by atoms with Crippen LogP contribution in [-0.4, -0.2) is 44.5 Å². The van der Waals surface area contributed by atoms with E-state index < -0.39 is 16.1 Å². The fourth-order valence-electron chi connectivity index (χ4n) is 4.01. The first-order chi connectivity index (χ1) is 14.9. The Bertz CT molecular complexity index is 1020. The van der Waals surface area contributed by atoms with E-state index in [4.69, 9.17) is 4.74 Å². The lowest BCUT2D eigenvalue weighted by Gasteiger charge is -2.35. The third-order valence-corrected chi connectivity index (χ3v) is 8.84. The number of carbonyl (C=O) groups is 1. The van der Waals surface area contributed by atoms with E-state index in [0.717, 1.165) is 11.3 Å². The van der Waals surface area contributed by atoms with Gasteiger partial charge in [-0.05, 0) is 49.6 Å². The van der Waals surface area contributed by atoms with Gasteiger partial charge < -0.3 is 10.1 Å². The van der Waals surface area contributed by atoms with Crippen LogP contribution >= 0.6 is 11.8 Å². The molecule has 1 aliphatic heterocycles. The van der Waals surface area contributed by atoms with Crippen LogP contribution in [0.25, 0.3) is 0 Å². The molecule has 6 nitrogen and oxygen atoms in total. The number of nitrogens with one attached hydrogen (secondary N) is 1. The van der Waals surface area contributed by atoms with Gasteiger partial charge in [0.1, 0.15) is 5.75 Å². The number of ether oxygens (including phenoxy) is 1. The zero-order valence-electron chi connectivity index (χ0n) is 17.6. The van der Waals surface area contributed by atoms with E-state index in [2.05, 4.69) is 5.32 Å². The quantitative estimate of drug-likeness (QED) is 0.637. The predicted octanol–water partition coefficient (Wildman–Crippen LogP) is 3.74. The highest BCUT2D eigenvalue weighted by Gasteiger charge is 2.37. The molecule has 2 aromatic rings. The van der Waals surface area contributed by atoms with Crippen LogP contribution in [-0.2, 0) is 14.8 Å². The summed E-state index contributed by atoms with van der Waals surface area (Å²) in [7, 11) is -3.83. The maximum atomic E-state index is 13.4. The van der Waals surface area contributed by atoms with Gasteiger partial charge in [-0.2, -0.15) is 11.8 Å². The van der Waals surface area contributed by atoms with Crippen molar-refractivity contribution in [1.82, 2.24) is 5.32 Å². The predicted molar refractivity (Wildman–Crippen MR) is 124 cm³/mol. The molecule has 0 radical (unpaired) electrons. The number of aryl methyl sites for hydroxylation is 1. The van der Waals surface area contributed by atoms with Crippen molar-refractivity contribution in [2.45, 2.75) is 48.9 Å². The van der Waals surface area contributed by atoms with Crippen molar-refractivity contribution >= 4 is 33.4 Å². The van der Waals surface area contributed by atoms with Crippen molar-refractivity contribution in [3.8, 4) is 5.75 Å². The molecule has 0 aromatic heterocycles. The average molecular weight is 461 g/mol. The Hall–Kier alpha value is -2.19. The van der Waals surface area contributed by atoms with E-state index in [1.807, 2.05) is 24.8 Å². The molecule has 1 saturated carbocycles. The van der Waals surface area contributed by atoms with Crippen LogP contribution in [0.1, 0.15) is 31.2 Å². The van der Waals surface area contributed by atoms with E-state index in [9.17, 15) is 13.2 Å². The van der Waals surface area contributed by atoms with Gasteiger partial charge in [0, 0.05) is 17.5 Å². The summed E-state index contributed by atoms with van der Waals surface area (Å²) < 4.78 is 34.0. The van der Waals surface area contributed by atoms with Gasteiger partial charge in [0.2, 0.25) is 0 Å². The van der Waals surface area contributed by atoms with Crippen LogP contribution < -0.4 is 14.4 Å². The van der Waals surface area contributed by atoms with Crippen LogP contribution in [0.4, 0.5) is 5.69 Å². The average Bonchev–Trinajstić information content (AvgIpc) is 3.30. The maximum Gasteiger partial charge on any atom is 0.264 e. The largest absolute Gasteiger partial charge is 0.476 e. The smallest absolute Gasteiger partial charge is 0.264 e. The second-order valence-corrected chi connectivity index (χ2v) is 11.3. The molecule has 166 valence electrons. The first kappa shape index (κ1) is 22.0. The molecule has 1 amide bonds. The highest BCUT2D eigenvalue weighted by molar-refractivity contribution is 7.99. The van der Waals surface area contributed by atoms with Crippen LogP contribution in [0.5, 0.6) is 5.75 Å². The van der Waals surface area contributed by atoms with Gasteiger partial charge in [0.15, 0.2) is 6.10 Å². The van der Waals surface area contributed by atoms with E-state index in [1.54, 1.807) is 42.5 Å². The number of nitrogens with zero attached hydrogens (tertiary/aromatic N) is 1. The highest BCUT2D eigenvalue weighted by Crippen LogP contribution is 2.37. The minimum absolute atomic E-state index is 0.0602. The minimum Gasteiger partial charge on any atom is -0.476 e. The van der Waals surface area contributed by atoms with Crippen LogP contribution in [0.3, 0.4) is 0 Å². The number of amides is 1. The summed E-state index contributed by atoms with van der Waals surface area (Å²) in [6, 6.07) is 13.6. The Labute approximate surface area is 188 Å². The Morgan fingerprint density at radius 3 is 2.65 bits per heavy atom. The Balaban J connectivity index is 1.49. The van der Waals surface area contributed by atoms with Crippen molar-refractivity contribution in [1.29, 1.82) is 0 Å². The lowest BCUT2D eigenvalue weighted by Crippen LogP contribution is -2.51. The standard InChI is InChI=1S/C23H28N2O4S2/c1-17-11-12-21-20(15-17)25(31(27,28)19-9-3-2-4-10-19)16-22(29-21)23(26)24-13-14-30-18-7-5-6-8-18/h2-4,9-12,15,18,22H,5-8,13-14,16H2,1H3,(H,24,26)/t22-/m0/s1. The number of rotatable bonds is 7. The van der Waals surface area contributed by atoms with Crippen molar-refractivity contribution in [3.63, 3.8) is 0 Å². The van der Waals surface area contributed by atoms with Crippen LogP contribution in [0, 0.1) is 6.92 Å². The van der Waals surface area contributed by atoms with Gasteiger partial charge in [-0.1, -0.05) is 37.1 Å². The van der Waals surface area contributed by atoms with E-state index >= 15 is 0 Å². The van der Waals surface area contributed by atoms with E-state index in [1.165, 1.54) is 30.0 Å². The minimum atomic E-state index is -3.83. The third kappa shape index (κ3) is 5.01.